The lowest BCUT2D eigenvalue weighted by atomic mass is 10.2. The molecule has 2 aromatic heterocycles. The summed E-state index contributed by atoms with van der Waals surface area (Å²) in [6.45, 7) is 1.04. The van der Waals surface area contributed by atoms with E-state index in [4.69, 9.17) is 0 Å². The number of carbonyl (C=O) groups excluding carboxylic acids is 1. The largest absolute Gasteiger partial charge is 0.341 e. The SMILES string of the molecule is CN(Cc1ccc(-n2cccn2)cc1)C(=O)CCn1cnnn1. The summed E-state index contributed by atoms with van der Waals surface area (Å²) < 4.78 is 3.34. The van der Waals surface area contributed by atoms with Gasteiger partial charge in [0.25, 0.3) is 0 Å². The van der Waals surface area contributed by atoms with E-state index in [1.165, 1.54) is 6.33 Å². The van der Waals surface area contributed by atoms with Crippen molar-refractivity contribution in [3.8, 4) is 5.69 Å². The van der Waals surface area contributed by atoms with Gasteiger partial charge in [0.2, 0.25) is 5.91 Å². The van der Waals surface area contributed by atoms with Crippen LogP contribution in [0.5, 0.6) is 0 Å². The minimum atomic E-state index is 0.0525. The summed E-state index contributed by atoms with van der Waals surface area (Å²) in [5, 5.41) is 15.0. The molecule has 0 saturated heterocycles. The Kier molecular flexibility index (Phi) is 4.41. The fourth-order valence-electron chi connectivity index (χ4n) is 2.22. The molecular formula is C15H17N7O. The smallest absolute Gasteiger partial charge is 0.224 e. The van der Waals surface area contributed by atoms with Crippen LogP contribution in [-0.4, -0.2) is 47.8 Å². The molecule has 0 aliphatic heterocycles. The minimum absolute atomic E-state index is 0.0525. The zero-order valence-electron chi connectivity index (χ0n) is 12.8. The number of tetrazole rings is 1. The third kappa shape index (κ3) is 3.79. The molecular weight excluding hydrogens is 294 g/mol. The monoisotopic (exact) mass is 311 g/mol. The van der Waals surface area contributed by atoms with E-state index in [1.54, 1.807) is 27.5 Å². The summed E-state index contributed by atoms with van der Waals surface area (Å²) in [5.41, 5.74) is 2.06. The van der Waals surface area contributed by atoms with Gasteiger partial charge in [0, 0.05) is 32.4 Å². The van der Waals surface area contributed by atoms with E-state index in [2.05, 4.69) is 20.6 Å². The number of hydrogen-bond acceptors (Lipinski definition) is 5. The lowest BCUT2D eigenvalue weighted by molar-refractivity contribution is -0.130. The van der Waals surface area contributed by atoms with Crippen LogP contribution in [0.25, 0.3) is 5.69 Å². The summed E-state index contributed by atoms with van der Waals surface area (Å²) in [5.74, 6) is 0.0525. The van der Waals surface area contributed by atoms with Gasteiger partial charge < -0.3 is 4.90 Å². The molecule has 0 fully saturated rings. The Morgan fingerprint density at radius 2 is 2.09 bits per heavy atom. The molecule has 0 radical (unpaired) electrons. The van der Waals surface area contributed by atoms with Crippen molar-refractivity contribution >= 4 is 5.91 Å². The molecule has 0 N–H and O–H groups in total. The van der Waals surface area contributed by atoms with Crippen LogP contribution in [0.3, 0.4) is 0 Å². The Bertz CT molecular complexity index is 735. The maximum Gasteiger partial charge on any atom is 0.224 e. The molecule has 0 bridgehead atoms. The second-order valence-corrected chi connectivity index (χ2v) is 5.19. The van der Waals surface area contributed by atoms with Gasteiger partial charge >= 0.3 is 0 Å². The zero-order valence-corrected chi connectivity index (χ0v) is 12.8. The van der Waals surface area contributed by atoms with Crippen LogP contribution in [-0.2, 0) is 17.9 Å². The first-order valence-corrected chi connectivity index (χ1v) is 7.26. The molecule has 8 heteroatoms. The molecule has 8 nitrogen and oxygen atoms in total. The average molecular weight is 311 g/mol. The van der Waals surface area contributed by atoms with Gasteiger partial charge in [-0.15, -0.1) is 5.10 Å². The third-order valence-corrected chi connectivity index (χ3v) is 3.50. The maximum atomic E-state index is 12.1. The van der Waals surface area contributed by atoms with Gasteiger partial charge in [-0.2, -0.15) is 5.10 Å². The Balaban J connectivity index is 1.54. The molecule has 23 heavy (non-hydrogen) atoms. The summed E-state index contributed by atoms with van der Waals surface area (Å²) in [6, 6.07) is 9.86. The Labute approximate surface area is 133 Å². The highest BCUT2D eigenvalue weighted by Crippen LogP contribution is 2.10. The normalized spacial score (nSPS) is 10.7. The molecule has 3 aromatic rings. The lowest BCUT2D eigenvalue weighted by Crippen LogP contribution is -2.27. The number of benzene rings is 1. The summed E-state index contributed by atoms with van der Waals surface area (Å²) >= 11 is 0. The van der Waals surface area contributed by atoms with Crippen LogP contribution in [0.4, 0.5) is 0 Å². The van der Waals surface area contributed by atoms with E-state index in [0.717, 1.165) is 11.3 Å². The van der Waals surface area contributed by atoms with Crippen molar-refractivity contribution < 1.29 is 4.79 Å². The van der Waals surface area contributed by atoms with Crippen LogP contribution >= 0.6 is 0 Å². The molecule has 0 saturated carbocycles. The van der Waals surface area contributed by atoms with Crippen LogP contribution < -0.4 is 0 Å². The van der Waals surface area contributed by atoms with Crippen LogP contribution in [0.1, 0.15) is 12.0 Å². The number of carbonyl (C=O) groups is 1. The molecule has 3 rings (SSSR count). The average Bonchev–Trinajstić information content (AvgIpc) is 3.26. The highest BCUT2D eigenvalue weighted by molar-refractivity contribution is 5.75. The molecule has 2 heterocycles. The van der Waals surface area contributed by atoms with Gasteiger partial charge in [0.15, 0.2) is 0 Å². The standard InChI is InChI=1S/C15H17N7O/c1-20(15(23)7-10-21-12-16-18-19-21)11-13-3-5-14(6-4-13)22-9-2-8-17-22/h2-6,8-9,12H,7,10-11H2,1H3. The fraction of sp³-hybridized carbons (Fsp3) is 0.267. The van der Waals surface area contributed by atoms with Crippen molar-refractivity contribution in [2.24, 2.45) is 0 Å². The van der Waals surface area contributed by atoms with E-state index in [0.29, 0.717) is 19.5 Å². The molecule has 1 aromatic carbocycles. The molecule has 0 spiro atoms. The van der Waals surface area contributed by atoms with E-state index in [-0.39, 0.29) is 5.91 Å². The summed E-state index contributed by atoms with van der Waals surface area (Å²) in [4.78, 5) is 13.8. The zero-order chi connectivity index (χ0) is 16.1. The Morgan fingerprint density at radius 3 is 2.74 bits per heavy atom. The number of aromatic nitrogens is 6. The van der Waals surface area contributed by atoms with Crippen molar-refractivity contribution in [2.45, 2.75) is 19.5 Å². The summed E-state index contributed by atoms with van der Waals surface area (Å²) in [6.07, 6.45) is 5.50. The van der Waals surface area contributed by atoms with E-state index in [9.17, 15) is 4.79 Å². The second kappa shape index (κ2) is 6.82. The first-order valence-electron chi connectivity index (χ1n) is 7.26. The quantitative estimate of drug-likeness (QED) is 0.676. The predicted molar refractivity (Wildman–Crippen MR) is 82.5 cm³/mol. The highest BCUT2D eigenvalue weighted by Gasteiger charge is 2.10. The topological polar surface area (TPSA) is 81.7 Å². The molecule has 0 aliphatic rings. The van der Waals surface area contributed by atoms with E-state index < -0.39 is 0 Å². The molecule has 0 unspecified atom stereocenters. The summed E-state index contributed by atoms with van der Waals surface area (Å²) in [7, 11) is 1.79. The van der Waals surface area contributed by atoms with Gasteiger partial charge in [0.1, 0.15) is 6.33 Å². The van der Waals surface area contributed by atoms with Gasteiger partial charge in [-0.25, -0.2) is 9.36 Å². The number of nitrogens with zero attached hydrogens (tertiary/aromatic N) is 7. The van der Waals surface area contributed by atoms with Gasteiger partial charge in [-0.1, -0.05) is 12.1 Å². The fourth-order valence-corrected chi connectivity index (χ4v) is 2.22. The number of amides is 1. The number of aryl methyl sites for hydroxylation is 1. The van der Waals surface area contributed by atoms with Crippen LogP contribution in [0.15, 0.2) is 49.1 Å². The van der Waals surface area contributed by atoms with Gasteiger partial charge in [0.05, 0.1) is 12.2 Å². The second-order valence-electron chi connectivity index (χ2n) is 5.19. The van der Waals surface area contributed by atoms with Crippen molar-refractivity contribution in [3.05, 3.63) is 54.6 Å². The van der Waals surface area contributed by atoms with Gasteiger partial charge in [-0.05, 0) is 34.2 Å². The maximum absolute atomic E-state index is 12.1. The highest BCUT2D eigenvalue weighted by atomic mass is 16.2. The van der Waals surface area contributed by atoms with Crippen molar-refractivity contribution in [3.63, 3.8) is 0 Å². The van der Waals surface area contributed by atoms with Crippen molar-refractivity contribution in [1.82, 2.24) is 34.9 Å². The van der Waals surface area contributed by atoms with Gasteiger partial charge in [-0.3, -0.25) is 4.79 Å². The Hall–Kier alpha value is -3.03. The first kappa shape index (κ1) is 14.9. The van der Waals surface area contributed by atoms with E-state index >= 15 is 0 Å². The van der Waals surface area contributed by atoms with E-state index in [1.807, 2.05) is 36.5 Å². The van der Waals surface area contributed by atoms with Crippen LogP contribution in [0.2, 0.25) is 0 Å². The molecule has 0 atom stereocenters. The molecule has 1 amide bonds. The number of hydrogen-bond donors (Lipinski definition) is 0. The lowest BCUT2D eigenvalue weighted by Gasteiger charge is -2.17. The predicted octanol–water partition coefficient (Wildman–Crippen LogP) is 0.907. The molecule has 0 aliphatic carbocycles. The van der Waals surface area contributed by atoms with Crippen molar-refractivity contribution in [1.29, 1.82) is 0 Å². The van der Waals surface area contributed by atoms with Crippen LogP contribution in [0, 0.1) is 0 Å². The third-order valence-electron chi connectivity index (χ3n) is 3.50. The van der Waals surface area contributed by atoms with Crippen molar-refractivity contribution in [2.75, 3.05) is 7.05 Å². The minimum Gasteiger partial charge on any atom is -0.341 e. The first-order chi connectivity index (χ1) is 11.2. The number of rotatable bonds is 6. The molecule has 118 valence electrons. The Morgan fingerprint density at radius 1 is 1.26 bits per heavy atom.